The molecule has 1 aliphatic rings. The number of aryl methyl sites for hydroxylation is 1. The number of hydrogen-bond donors (Lipinski definition) is 17. The number of carbonyl (C=O) groups is 16. The van der Waals surface area contributed by atoms with Crippen LogP contribution < -0.4 is 58.7 Å². The van der Waals surface area contributed by atoms with Crippen LogP contribution >= 0.6 is 32.9 Å². The summed E-state index contributed by atoms with van der Waals surface area (Å²) in [5, 5.41) is 81.2. The topological polar surface area (TPSA) is 565 Å². The minimum atomic E-state index is -1.77. The Morgan fingerprint density at radius 1 is 0.652 bits per heavy atom. The minimum absolute atomic E-state index is 0.0194. The predicted octanol–water partition coefficient (Wildman–Crippen LogP) is 4.10. The average molecular weight is 1670 g/mol. The Kier molecular flexibility index (Phi) is 43.2. The minimum Gasteiger partial charge on any atom is -0.508 e. The van der Waals surface area contributed by atoms with Crippen molar-refractivity contribution in [2.24, 2.45) is 17.8 Å². The molecule has 115 heavy (non-hydrogen) atoms. The van der Waals surface area contributed by atoms with Gasteiger partial charge in [-0.1, -0.05) is 100 Å². The van der Waals surface area contributed by atoms with E-state index >= 15 is 0 Å². The molecule has 636 valence electrons. The van der Waals surface area contributed by atoms with Gasteiger partial charge in [-0.05, 0) is 125 Å². The number of amides is 12. The lowest BCUT2D eigenvalue weighted by atomic mass is 9.93. The van der Waals surface area contributed by atoms with Crippen molar-refractivity contribution in [1.29, 1.82) is 0 Å². The molecular weight excluding hydrogens is 1570 g/mol. The van der Waals surface area contributed by atoms with Crippen LogP contribution in [0.25, 0.3) is 0 Å². The first-order valence-corrected chi connectivity index (χ1v) is 41.1. The van der Waals surface area contributed by atoms with Gasteiger partial charge in [0.15, 0.2) is 6.73 Å². The molecule has 1 saturated heterocycles. The summed E-state index contributed by atoms with van der Waals surface area (Å²) < 4.78 is 10.9. The van der Waals surface area contributed by atoms with E-state index in [2.05, 4.69) is 58.4 Å². The number of hydrogen-bond acceptors (Lipinski definition) is 24. The van der Waals surface area contributed by atoms with Crippen LogP contribution in [0.15, 0.2) is 53.9 Å². The highest BCUT2D eigenvalue weighted by Gasteiger charge is 2.39. The van der Waals surface area contributed by atoms with E-state index in [1.54, 1.807) is 29.3 Å². The molecule has 0 aliphatic carbocycles. The van der Waals surface area contributed by atoms with Crippen LogP contribution in [-0.2, 0) is 86.3 Å². The van der Waals surface area contributed by atoms with Crippen LogP contribution in [-0.4, -0.2) is 241 Å². The monoisotopic (exact) mass is 1670 g/mol. The maximum Gasteiger partial charge on any atom is 0.426 e. The molecule has 41 heteroatoms. The predicted molar refractivity (Wildman–Crippen MR) is 422 cm³/mol. The normalized spacial score (nSPS) is 14.9. The van der Waals surface area contributed by atoms with Gasteiger partial charge in [-0.15, -0.1) is 11.3 Å². The van der Waals surface area contributed by atoms with Crippen LogP contribution in [0.1, 0.15) is 164 Å². The summed E-state index contributed by atoms with van der Waals surface area (Å²) in [6.45, 7) is 11.5. The van der Waals surface area contributed by atoms with Crippen LogP contribution in [0, 0.1) is 17.8 Å². The molecule has 10 atom stereocenters. The van der Waals surface area contributed by atoms with E-state index in [-0.39, 0.29) is 123 Å². The second-order valence-corrected chi connectivity index (χ2v) is 31.5. The lowest BCUT2D eigenvalue weighted by molar-refractivity contribution is -0.159. The molecular formula is C74H108N14O24S3. The summed E-state index contributed by atoms with van der Waals surface area (Å²) >= 11 is 1.25. The fourth-order valence-corrected chi connectivity index (χ4v) is 14.4. The van der Waals surface area contributed by atoms with E-state index in [9.17, 15) is 102 Å². The van der Waals surface area contributed by atoms with Crippen molar-refractivity contribution in [3.05, 3.63) is 75.7 Å². The molecule has 3 aromatic rings. The molecule has 2 aromatic carbocycles. The number of likely N-dealkylation sites (tertiary alicyclic amines) is 1. The van der Waals surface area contributed by atoms with Gasteiger partial charge in [0.1, 0.15) is 48.3 Å². The number of likely N-dealkylation sites (N-methyl/N-ethyl adjacent to an activating group) is 1. The number of carboxylic acids is 5. The summed E-state index contributed by atoms with van der Waals surface area (Å²) in [5.74, 6) is -13.1. The van der Waals surface area contributed by atoms with E-state index in [4.69, 9.17) is 14.6 Å². The number of urea groups is 2. The van der Waals surface area contributed by atoms with Crippen LogP contribution in [0.5, 0.6) is 5.75 Å². The highest BCUT2D eigenvalue weighted by atomic mass is 33.1. The van der Waals surface area contributed by atoms with Gasteiger partial charge in [0.25, 0.3) is 5.91 Å². The zero-order chi connectivity index (χ0) is 85.3. The van der Waals surface area contributed by atoms with Crippen molar-refractivity contribution in [2.75, 3.05) is 56.8 Å². The number of thiazole rings is 1. The second kappa shape index (κ2) is 51.3. The van der Waals surface area contributed by atoms with Gasteiger partial charge in [-0.2, -0.15) is 0 Å². The summed E-state index contributed by atoms with van der Waals surface area (Å²) in [5.41, 5.74) is 5.96. The number of piperidine rings is 1. The van der Waals surface area contributed by atoms with Gasteiger partial charge in [-0.3, -0.25) is 63.1 Å². The molecule has 4 rings (SSSR count). The first kappa shape index (κ1) is 96.8. The van der Waals surface area contributed by atoms with Crippen molar-refractivity contribution in [2.45, 2.75) is 205 Å². The number of benzene rings is 2. The number of hydrazine groups is 1. The number of aliphatic carboxylic acids is 5. The van der Waals surface area contributed by atoms with E-state index in [1.165, 1.54) is 69.3 Å². The summed E-state index contributed by atoms with van der Waals surface area (Å²) in [7, 11) is 4.35. The third-order valence-corrected chi connectivity index (χ3v) is 21.6. The standard InChI is InChI=1S/C74H108N14O24S3/c1-8-14-62(97)112-41-88(69(103)63(43(5)9-2)84-68(102)56-16-11-13-31-87(56)7)55(42(3)4)26-27-58-80-54(40-113-58)67(101)77-48(36-45-19-23-49(89)24-20-45)35-44(6)64(98)85-86-74(110)111-32-34-115-114-33-30-75-65(99)52(38-60(93)94)81-66(100)53(39-61(95)96)79-57(90)37-46-17-21-47(22-18-46)78-72(108)76-29-12-10-15-50(70(104)105)82-73(109)83-51(71(106)107)25-28-59(91)92/h17-24,40,42-44,48,50-53,55-56,63,89H,8-16,25-39,41H2,1-7H3,(H,75,99)(H,77,101)(H,79,90)(H,81,100)(H,84,102)(H,85,98)(H,86,110)(H,91,92)(H,93,94)(H,95,96)(H,104,105)(H,106,107)(H2,76,78,108)(H2,82,83,109)/t43?,44-,48+,50-,51-,52-,53-,55+,56+,63-/m0/s1. The number of carbonyl (C=O) groups excluding carboxylic acids is 11. The summed E-state index contributed by atoms with van der Waals surface area (Å²) in [6.07, 6.45) is 0.874. The quantitative estimate of drug-likeness (QED) is 0.0124. The maximum atomic E-state index is 14.8. The molecule has 0 saturated carbocycles. The van der Waals surface area contributed by atoms with E-state index in [1.807, 2.05) is 51.9 Å². The summed E-state index contributed by atoms with van der Waals surface area (Å²) in [6, 6.07) is 1.33. The Morgan fingerprint density at radius 3 is 1.91 bits per heavy atom. The Hall–Kier alpha value is -10.6. The molecule has 0 radical (unpaired) electrons. The van der Waals surface area contributed by atoms with Gasteiger partial charge >= 0.3 is 54.0 Å². The Morgan fingerprint density at radius 2 is 1.30 bits per heavy atom. The van der Waals surface area contributed by atoms with Gasteiger partial charge in [0.2, 0.25) is 35.4 Å². The van der Waals surface area contributed by atoms with E-state index < -0.39 is 164 Å². The lowest BCUT2D eigenvalue weighted by Crippen LogP contribution is -2.59. The van der Waals surface area contributed by atoms with Gasteiger partial charge in [-0.25, -0.2) is 34.4 Å². The SMILES string of the molecule is CCCC(=O)OCN(C(=O)[C@@H](NC(=O)[C@H]1CCCCN1C)C(C)CC)[C@H](CCc1nc(C(=O)N[C@@H](Cc2ccc(O)cc2)C[C@H](C)C(=O)NNC(=O)OCCSSCCNC(=O)[C@H](CC(=O)O)NC(=O)[C@H](CC(=O)O)NC(=O)Cc2ccc(NC(=O)NCCCC[C@H](NC(=O)N[C@@H](CCC(=O)O)C(=O)O)C(=O)O)cc2)cs1)C(C)C. The summed E-state index contributed by atoms with van der Waals surface area (Å²) in [4.78, 5) is 212. The first-order valence-electron chi connectivity index (χ1n) is 37.7. The molecule has 1 aromatic heterocycles. The first-order chi connectivity index (χ1) is 54.6. The molecule has 17 N–H and O–H groups in total. The number of rotatable bonds is 51. The Bertz CT molecular complexity index is 3760. The van der Waals surface area contributed by atoms with Crippen molar-refractivity contribution < 1.29 is 117 Å². The van der Waals surface area contributed by atoms with Crippen molar-refractivity contribution >= 4 is 134 Å². The number of carboxylic acid groups (broad SMARTS) is 5. The molecule has 38 nitrogen and oxygen atoms in total. The number of phenols is 1. The zero-order valence-corrected chi connectivity index (χ0v) is 67.8. The smallest absolute Gasteiger partial charge is 0.426 e. The highest BCUT2D eigenvalue weighted by molar-refractivity contribution is 8.76. The number of aromatic nitrogens is 1. The number of anilines is 1. The Labute approximate surface area is 677 Å². The Balaban J connectivity index is 1.21. The zero-order valence-electron chi connectivity index (χ0n) is 65.3. The third-order valence-electron chi connectivity index (χ3n) is 18.3. The number of aromatic hydroxyl groups is 1. The van der Waals surface area contributed by atoms with Crippen LogP contribution in [0.4, 0.5) is 20.1 Å². The lowest BCUT2D eigenvalue weighted by Gasteiger charge is -2.39. The number of nitrogens with one attached hydrogen (secondary N) is 11. The van der Waals surface area contributed by atoms with E-state index in [0.717, 1.165) is 24.9 Å². The van der Waals surface area contributed by atoms with Crippen LogP contribution in [0.3, 0.4) is 0 Å². The van der Waals surface area contributed by atoms with Gasteiger partial charge < -0.3 is 92.9 Å². The van der Waals surface area contributed by atoms with Gasteiger partial charge in [0, 0.05) is 72.9 Å². The number of phenolic OH excluding ortho intramolecular Hbond substituents is 1. The number of ether oxygens (including phenoxy) is 2. The second-order valence-electron chi connectivity index (χ2n) is 27.9. The van der Waals surface area contributed by atoms with Gasteiger partial charge in [0.05, 0.1) is 30.3 Å². The molecule has 0 bridgehead atoms. The third kappa shape index (κ3) is 37.1. The van der Waals surface area contributed by atoms with Crippen LogP contribution in [0.2, 0.25) is 0 Å². The van der Waals surface area contributed by atoms with E-state index in [0.29, 0.717) is 42.7 Å². The molecule has 2 heterocycles. The molecule has 0 spiro atoms. The highest BCUT2D eigenvalue weighted by Crippen LogP contribution is 2.26. The molecule has 1 aliphatic heterocycles. The molecule has 12 amide bonds. The average Bonchev–Trinajstić information content (AvgIpc) is 1.37. The fraction of sp³-hybridized carbons (Fsp3) is 0.581. The largest absolute Gasteiger partial charge is 0.508 e. The van der Waals surface area contributed by atoms with Crippen molar-refractivity contribution in [3.8, 4) is 5.75 Å². The molecule has 1 fully saturated rings. The maximum absolute atomic E-state index is 14.8. The van der Waals surface area contributed by atoms with Crippen molar-refractivity contribution in [1.82, 2.24) is 68.2 Å². The number of nitrogens with zero attached hydrogens (tertiary/aromatic N) is 3. The van der Waals surface area contributed by atoms with Crippen molar-refractivity contribution in [3.63, 3.8) is 0 Å². The number of esters is 1. The molecule has 1 unspecified atom stereocenters. The fourth-order valence-electron chi connectivity index (χ4n) is 11.9. The number of unbranched alkanes of at least 4 members (excludes halogenated alkanes) is 1.